The molecule has 0 amide bonds. The molecule has 3 aromatic heterocycles. The Kier molecular flexibility index (Phi) is 3.81. The van der Waals surface area contributed by atoms with Crippen molar-refractivity contribution in [1.29, 1.82) is 0 Å². The van der Waals surface area contributed by atoms with Gasteiger partial charge in [0.25, 0.3) is 0 Å². The predicted molar refractivity (Wildman–Crippen MR) is 74.5 cm³/mol. The Morgan fingerprint density at radius 3 is 2.78 bits per heavy atom. The van der Waals surface area contributed by atoms with Crippen LogP contribution in [0.4, 0.5) is 0 Å². The lowest BCUT2D eigenvalue weighted by atomic mass is 10.2. The molecule has 0 aliphatic carbocycles. The number of halogens is 1. The van der Waals surface area contributed by atoms with Gasteiger partial charge < -0.3 is 4.42 Å². The Morgan fingerprint density at radius 2 is 2.11 bits per heavy atom. The molecule has 3 rings (SSSR count). The summed E-state index contributed by atoms with van der Waals surface area (Å²) in [6.45, 7) is 6.00. The molecule has 0 fully saturated rings. The number of fused-ring (bicyclic) bond motifs is 1. The Labute approximate surface area is 114 Å². The van der Waals surface area contributed by atoms with Gasteiger partial charge in [-0.15, -0.1) is 0 Å². The zero-order valence-electron chi connectivity index (χ0n) is 10.5. The topological polar surface area (TPSA) is 43.3 Å². The van der Waals surface area contributed by atoms with Crippen LogP contribution in [0, 0.1) is 6.92 Å². The van der Waals surface area contributed by atoms with Crippen LogP contribution in [0.3, 0.4) is 0 Å². The highest BCUT2D eigenvalue weighted by molar-refractivity contribution is 9.10. The van der Waals surface area contributed by atoms with Crippen molar-refractivity contribution in [1.82, 2.24) is 14.6 Å². The molecule has 0 N–H and O–H groups in total. The van der Waals surface area contributed by atoms with Crippen LogP contribution in [0.1, 0.15) is 19.5 Å². The normalized spacial score (nSPS) is 10.2. The van der Waals surface area contributed by atoms with Gasteiger partial charge in [-0.1, -0.05) is 13.8 Å². The molecular weight excluding hydrogens is 294 g/mol. The Hall–Kier alpha value is -1.62. The van der Waals surface area contributed by atoms with Gasteiger partial charge in [-0.3, -0.25) is 0 Å². The van der Waals surface area contributed by atoms with E-state index in [-0.39, 0.29) is 0 Å². The molecule has 0 saturated heterocycles. The van der Waals surface area contributed by atoms with Crippen LogP contribution in [0.25, 0.3) is 16.9 Å². The number of aromatic nitrogens is 3. The van der Waals surface area contributed by atoms with Crippen LogP contribution in [0.5, 0.6) is 0 Å². The summed E-state index contributed by atoms with van der Waals surface area (Å²) in [7, 11) is 0. The lowest BCUT2D eigenvalue weighted by Crippen LogP contribution is -1.96. The zero-order valence-corrected chi connectivity index (χ0v) is 12.1. The summed E-state index contributed by atoms with van der Waals surface area (Å²) in [5, 5.41) is 4.22. The van der Waals surface area contributed by atoms with Crippen LogP contribution in [0.2, 0.25) is 0 Å². The first-order valence-corrected chi connectivity index (χ1v) is 6.58. The molecule has 0 atom stereocenters. The third-order valence-electron chi connectivity index (χ3n) is 2.42. The highest BCUT2D eigenvalue weighted by Gasteiger charge is 2.09. The van der Waals surface area contributed by atoms with Gasteiger partial charge in [0.15, 0.2) is 5.65 Å². The summed E-state index contributed by atoms with van der Waals surface area (Å²) in [6, 6.07) is 3.87. The quantitative estimate of drug-likeness (QED) is 0.680. The number of hydrogen-bond donors (Lipinski definition) is 0. The molecule has 3 aromatic rings. The van der Waals surface area contributed by atoms with E-state index in [1.807, 2.05) is 32.9 Å². The zero-order chi connectivity index (χ0) is 13.1. The second-order valence-corrected chi connectivity index (χ2v) is 4.38. The Balaban J connectivity index is 0.000000574. The maximum Gasteiger partial charge on any atom is 0.170 e. The fourth-order valence-corrected chi connectivity index (χ4v) is 1.99. The molecular formula is C13H14BrN3O. The minimum absolute atomic E-state index is 0.816. The molecule has 0 aromatic carbocycles. The smallest absolute Gasteiger partial charge is 0.170 e. The van der Waals surface area contributed by atoms with Gasteiger partial charge in [-0.25, -0.2) is 9.50 Å². The molecule has 3 heterocycles. The van der Waals surface area contributed by atoms with Crippen LogP contribution < -0.4 is 0 Å². The number of rotatable bonds is 1. The van der Waals surface area contributed by atoms with Crippen LogP contribution >= 0.6 is 15.9 Å². The SMILES string of the molecule is CC.Cc1cc(-c2ccoc2)nc2c(Br)cnn12. The van der Waals surface area contributed by atoms with Gasteiger partial charge in [-0.2, -0.15) is 5.10 Å². The fraction of sp³-hybridized carbons (Fsp3) is 0.231. The summed E-state index contributed by atoms with van der Waals surface area (Å²) in [4.78, 5) is 4.53. The first kappa shape index (κ1) is 12.8. The van der Waals surface area contributed by atoms with E-state index in [0.717, 1.165) is 27.1 Å². The minimum Gasteiger partial charge on any atom is -0.472 e. The maximum atomic E-state index is 5.06. The van der Waals surface area contributed by atoms with Gasteiger partial charge in [0.05, 0.1) is 28.9 Å². The van der Waals surface area contributed by atoms with E-state index in [2.05, 4.69) is 26.0 Å². The largest absolute Gasteiger partial charge is 0.472 e. The Bertz CT molecular complexity index is 644. The first-order chi connectivity index (χ1) is 8.75. The molecule has 0 unspecified atom stereocenters. The third-order valence-corrected chi connectivity index (χ3v) is 2.98. The molecule has 0 aliphatic rings. The standard InChI is InChI=1S/C11H8BrN3O.C2H6/c1-7-4-10(8-2-3-16-6-8)14-11-9(12)5-13-15(7)11;1-2/h2-6H,1H3;1-2H3. The monoisotopic (exact) mass is 307 g/mol. The highest BCUT2D eigenvalue weighted by atomic mass is 79.9. The van der Waals surface area contributed by atoms with Crippen molar-refractivity contribution in [3.05, 3.63) is 41.0 Å². The minimum atomic E-state index is 0.816. The van der Waals surface area contributed by atoms with E-state index < -0.39 is 0 Å². The molecule has 0 spiro atoms. The molecule has 5 heteroatoms. The van der Waals surface area contributed by atoms with E-state index in [1.54, 1.807) is 23.2 Å². The van der Waals surface area contributed by atoms with Gasteiger partial charge in [0, 0.05) is 11.3 Å². The number of nitrogens with zero attached hydrogens (tertiary/aromatic N) is 3. The molecule has 0 radical (unpaired) electrons. The summed E-state index contributed by atoms with van der Waals surface area (Å²) < 4.78 is 7.75. The number of furan rings is 1. The Morgan fingerprint density at radius 1 is 1.33 bits per heavy atom. The molecule has 18 heavy (non-hydrogen) atoms. The first-order valence-electron chi connectivity index (χ1n) is 5.79. The molecule has 0 aliphatic heterocycles. The van der Waals surface area contributed by atoms with Crippen molar-refractivity contribution >= 4 is 21.6 Å². The van der Waals surface area contributed by atoms with E-state index in [1.165, 1.54) is 0 Å². The van der Waals surface area contributed by atoms with E-state index in [9.17, 15) is 0 Å². The van der Waals surface area contributed by atoms with E-state index in [0.29, 0.717) is 0 Å². The van der Waals surface area contributed by atoms with Crippen molar-refractivity contribution in [3.63, 3.8) is 0 Å². The van der Waals surface area contributed by atoms with Crippen LogP contribution in [0.15, 0.2) is 39.7 Å². The molecule has 4 nitrogen and oxygen atoms in total. The molecule has 94 valence electrons. The summed E-state index contributed by atoms with van der Waals surface area (Å²) in [5.41, 5.74) is 3.71. The summed E-state index contributed by atoms with van der Waals surface area (Å²) >= 11 is 3.43. The van der Waals surface area contributed by atoms with Gasteiger partial charge >= 0.3 is 0 Å². The number of aryl methyl sites for hydroxylation is 1. The van der Waals surface area contributed by atoms with Gasteiger partial charge in [0.1, 0.15) is 0 Å². The second kappa shape index (κ2) is 5.35. The average Bonchev–Trinajstić information content (AvgIpc) is 3.02. The van der Waals surface area contributed by atoms with Crippen molar-refractivity contribution in [2.45, 2.75) is 20.8 Å². The summed E-state index contributed by atoms with van der Waals surface area (Å²) in [5.74, 6) is 0. The second-order valence-electron chi connectivity index (χ2n) is 3.52. The van der Waals surface area contributed by atoms with E-state index >= 15 is 0 Å². The van der Waals surface area contributed by atoms with Crippen molar-refractivity contribution in [2.75, 3.05) is 0 Å². The van der Waals surface area contributed by atoms with Gasteiger partial charge in [0.2, 0.25) is 0 Å². The summed E-state index contributed by atoms with van der Waals surface area (Å²) in [6.07, 6.45) is 5.07. The predicted octanol–water partition coefficient (Wildman–Crippen LogP) is 4.09. The van der Waals surface area contributed by atoms with Crippen molar-refractivity contribution in [3.8, 4) is 11.3 Å². The van der Waals surface area contributed by atoms with Crippen LogP contribution in [-0.2, 0) is 0 Å². The third kappa shape index (κ3) is 2.18. The average molecular weight is 308 g/mol. The van der Waals surface area contributed by atoms with Crippen LogP contribution in [-0.4, -0.2) is 14.6 Å². The highest BCUT2D eigenvalue weighted by Crippen LogP contribution is 2.23. The van der Waals surface area contributed by atoms with Gasteiger partial charge in [-0.05, 0) is 35.0 Å². The number of hydrogen-bond acceptors (Lipinski definition) is 3. The maximum absolute atomic E-state index is 5.06. The fourth-order valence-electron chi connectivity index (χ4n) is 1.64. The lowest BCUT2D eigenvalue weighted by Gasteiger charge is -2.02. The molecule has 0 saturated carbocycles. The lowest BCUT2D eigenvalue weighted by molar-refractivity contribution is 0.568. The van der Waals surface area contributed by atoms with Crippen molar-refractivity contribution < 1.29 is 4.42 Å². The molecule has 0 bridgehead atoms. The van der Waals surface area contributed by atoms with E-state index in [4.69, 9.17) is 4.42 Å². The van der Waals surface area contributed by atoms with Crippen molar-refractivity contribution in [2.24, 2.45) is 0 Å².